The lowest BCUT2D eigenvalue weighted by Gasteiger charge is -2.04. The van der Waals surface area contributed by atoms with E-state index >= 15 is 0 Å². The lowest BCUT2D eigenvalue weighted by Crippen LogP contribution is -2.35. The van der Waals surface area contributed by atoms with Crippen LogP contribution in [0, 0.1) is 0 Å². The van der Waals surface area contributed by atoms with Crippen LogP contribution in [0.2, 0.25) is 0 Å². The van der Waals surface area contributed by atoms with Crippen molar-refractivity contribution < 1.29 is 27.1 Å². The van der Waals surface area contributed by atoms with E-state index in [0.29, 0.717) is 18.7 Å². The third-order valence-electron chi connectivity index (χ3n) is 2.74. The number of aromatic nitrogens is 1. The first kappa shape index (κ1) is 19.5. The fourth-order valence-corrected chi connectivity index (χ4v) is 2.03. The Hall–Kier alpha value is -2.51. The first-order valence-electron chi connectivity index (χ1n) is 7.08. The predicted octanol–water partition coefficient (Wildman–Crippen LogP) is 1.68. The Kier molecular flexibility index (Phi) is 7.81. The van der Waals surface area contributed by atoms with Gasteiger partial charge in [-0.05, 0) is 19.1 Å². The van der Waals surface area contributed by atoms with Crippen molar-refractivity contribution in [3.05, 3.63) is 73.1 Å². The summed E-state index contributed by atoms with van der Waals surface area (Å²) in [6.45, 7) is 6.18. The van der Waals surface area contributed by atoms with Crippen LogP contribution in [0.25, 0.3) is 0 Å². The van der Waals surface area contributed by atoms with Crippen molar-refractivity contribution in [2.75, 3.05) is 6.61 Å². The molecule has 0 amide bonds. The van der Waals surface area contributed by atoms with Gasteiger partial charge in [0, 0.05) is 17.7 Å². The maximum Gasteiger partial charge on any atom is 0.333 e. The summed E-state index contributed by atoms with van der Waals surface area (Å²) in [5, 5.41) is 0. The Morgan fingerprint density at radius 3 is 2.12 bits per heavy atom. The van der Waals surface area contributed by atoms with Crippen molar-refractivity contribution in [1.29, 1.82) is 0 Å². The molecule has 0 saturated heterocycles. The van der Waals surface area contributed by atoms with Gasteiger partial charge >= 0.3 is 5.97 Å². The van der Waals surface area contributed by atoms with Crippen LogP contribution in [0.5, 0.6) is 0 Å². The molecule has 0 radical (unpaired) electrons. The van der Waals surface area contributed by atoms with E-state index in [2.05, 4.69) is 6.58 Å². The zero-order valence-corrected chi connectivity index (χ0v) is 14.1. The van der Waals surface area contributed by atoms with Crippen LogP contribution in [0.4, 0.5) is 0 Å². The van der Waals surface area contributed by atoms with E-state index in [1.807, 2.05) is 35.2 Å². The quantitative estimate of drug-likeness (QED) is 0.355. The van der Waals surface area contributed by atoms with Crippen molar-refractivity contribution in [1.82, 2.24) is 0 Å². The topological polar surface area (TPSA) is 87.4 Å². The molecule has 1 heterocycles. The molecule has 0 aliphatic rings. The van der Waals surface area contributed by atoms with Gasteiger partial charge < -0.3 is 9.29 Å². The molecule has 7 heteroatoms. The summed E-state index contributed by atoms with van der Waals surface area (Å²) in [4.78, 5) is 10.8. The van der Waals surface area contributed by atoms with Gasteiger partial charge in [0.05, 0.1) is 4.90 Å². The van der Waals surface area contributed by atoms with E-state index in [-0.39, 0.29) is 10.9 Å². The van der Waals surface area contributed by atoms with Gasteiger partial charge in [0.15, 0.2) is 25.5 Å². The Labute approximate surface area is 141 Å². The average Bonchev–Trinajstić information content (AvgIpc) is 2.56. The first-order valence-corrected chi connectivity index (χ1v) is 8.49. The molecule has 0 N–H and O–H groups in total. The molecule has 0 atom stereocenters. The molecule has 0 spiro atoms. The third kappa shape index (κ3) is 7.66. The Balaban J connectivity index is 0.000000254. The summed E-state index contributed by atoms with van der Waals surface area (Å²) in [7, 11) is -4.25. The highest BCUT2D eigenvalue weighted by Crippen LogP contribution is 2.04. The van der Waals surface area contributed by atoms with Gasteiger partial charge in [-0.2, -0.15) is 0 Å². The number of esters is 1. The predicted molar refractivity (Wildman–Crippen MR) is 86.8 cm³/mol. The molecule has 0 fully saturated rings. The number of carbonyl (C=O) groups excluding carboxylic acids is 1. The number of hydrogen-bond donors (Lipinski definition) is 0. The first-order chi connectivity index (χ1) is 11.3. The van der Waals surface area contributed by atoms with Gasteiger partial charge in [-0.3, -0.25) is 0 Å². The Morgan fingerprint density at radius 2 is 1.67 bits per heavy atom. The van der Waals surface area contributed by atoms with Crippen molar-refractivity contribution in [2.24, 2.45) is 0 Å². The minimum Gasteiger partial charge on any atom is -0.744 e. The zero-order chi connectivity index (χ0) is 18.0. The van der Waals surface area contributed by atoms with Crippen molar-refractivity contribution in [2.45, 2.75) is 18.4 Å². The van der Waals surface area contributed by atoms with Crippen LogP contribution in [0.1, 0.15) is 6.92 Å². The average molecular weight is 349 g/mol. The molecular weight excluding hydrogens is 330 g/mol. The largest absolute Gasteiger partial charge is 0.744 e. The number of ether oxygens (including phenoxy) is 1. The SMILES string of the molecule is C=C(C)C(=O)OCC[n+]1ccccc1.O=S(=O)([O-])c1ccccc1. The molecule has 0 unspecified atom stereocenters. The van der Waals surface area contributed by atoms with Gasteiger partial charge in [0.1, 0.15) is 10.1 Å². The highest BCUT2D eigenvalue weighted by atomic mass is 32.2. The van der Waals surface area contributed by atoms with Crippen LogP contribution >= 0.6 is 0 Å². The summed E-state index contributed by atoms with van der Waals surface area (Å²) >= 11 is 0. The molecule has 6 nitrogen and oxygen atoms in total. The number of rotatable bonds is 5. The highest BCUT2D eigenvalue weighted by molar-refractivity contribution is 7.85. The summed E-state index contributed by atoms with van der Waals surface area (Å²) in [5.74, 6) is -0.332. The summed E-state index contributed by atoms with van der Waals surface area (Å²) < 4.78 is 37.7. The lowest BCUT2D eigenvalue weighted by atomic mass is 10.4. The molecule has 24 heavy (non-hydrogen) atoms. The second kappa shape index (κ2) is 9.59. The van der Waals surface area contributed by atoms with E-state index in [9.17, 15) is 17.8 Å². The van der Waals surface area contributed by atoms with E-state index in [0.717, 1.165) is 0 Å². The van der Waals surface area contributed by atoms with Crippen molar-refractivity contribution >= 4 is 16.1 Å². The van der Waals surface area contributed by atoms with Crippen LogP contribution in [-0.4, -0.2) is 25.5 Å². The fourth-order valence-electron chi connectivity index (χ4n) is 1.54. The molecule has 2 rings (SSSR count). The molecule has 2 aromatic rings. The standard InChI is InChI=1S/C11H14NO2.C6H6O3S/c1-10(2)11(13)14-9-8-12-6-4-3-5-7-12;7-10(8,9)6-4-2-1-3-5-6/h3-7H,1,8-9H2,2H3;1-5H,(H,7,8,9)/q+1;/p-1. The molecule has 1 aromatic carbocycles. The van der Waals surface area contributed by atoms with E-state index in [1.165, 1.54) is 24.3 Å². The van der Waals surface area contributed by atoms with Crippen LogP contribution in [-0.2, 0) is 26.2 Å². The lowest BCUT2D eigenvalue weighted by molar-refractivity contribution is -0.697. The van der Waals surface area contributed by atoms with Gasteiger partial charge in [0.2, 0.25) is 0 Å². The minimum atomic E-state index is -4.25. The van der Waals surface area contributed by atoms with Crippen LogP contribution < -0.4 is 4.57 Å². The van der Waals surface area contributed by atoms with Crippen molar-refractivity contribution in [3.63, 3.8) is 0 Å². The number of carbonyl (C=O) groups is 1. The molecule has 0 saturated carbocycles. The number of pyridine rings is 1. The van der Waals surface area contributed by atoms with E-state index < -0.39 is 10.1 Å². The van der Waals surface area contributed by atoms with Gasteiger partial charge in [-0.1, -0.05) is 30.8 Å². The van der Waals surface area contributed by atoms with Gasteiger partial charge in [0.25, 0.3) is 0 Å². The third-order valence-corrected chi connectivity index (χ3v) is 3.59. The number of benzene rings is 1. The van der Waals surface area contributed by atoms with E-state index in [1.54, 1.807) is 13.0 Å². The van der Waals surface area contributed by atoms with Crippen LogP contribution in [0.15, 0.2) is 78.0 Å². The van der Waals surface area contributed by atoms with Crippen molar-refractivity contribution in [3.8, 4) is 0 Å². The summed E-state index contributed by atoms with van der Waals surface area (Å²) in [6.07, 6.45) is 3.85. The Morgan fingerprint density at radius 1 is 1.12 bits per heavy atom. The van der Waals surface area contributed by atoms with Gasteiger partial charge in [-0.15, -0.1) is 0 Å². The number of nitrogens with zero attached hydrogens (tertiary/aromatic N) is 1. The monoisotopic (exact) mass is 349 g/mol. The molecular formula is C17H19NO5S. The maximum atomic E-state index is 11.0. The maximum absolute atomic E-state index is 11.0. The van der Waals surface area contributed by atoms with Crippen LogP contribution in [0.3, 0.4) is 0 Å². The zero-order valence-electron chi connectivity index (χ0n) is 13.3. The smallest absolute Gasteiger partial charge is 0.333 e. The Bertz CT molecular complexity index is 758. The number of hydrogen-bond acceptors (Lipinski definition) is 5. The molecule has 0 aliphatic carbocycles. The summed E-state index contributed by atoms with van der Waals surface area (Å²) in [6, 6.07) is 13.0. The molecule has 1 aromatic heterocycles. The summed E-state index contributed by atoms with van der Waals surface area (Å²) in [5.41, 5.74) is 0.433. The molecule has 128 valence electrons. The highest BCUT2D eigenvalue weighted by Gasteiger charge is 2.04. The second-order valence-electron chi connectivity index (χ2n) is 4.80. The fraction of sp³-hybridized carbons (Fsp3) is 0.176. The normalized spacial score (nSPS) is 10.2. The molecule has 0 bridgehead atoms. The minimum absolute atomic E-state index is 0.185. The van der Waals surface area contributed by atoms with Gasteiger partial charge in [-0.25, -0.2) is 17.8 Å². The van der Waals surface area contributed by atoms with E-state index in [4.69, 9.17) is 4.74 Å². The second-order valence-corrected chi connectivity index (χ2v) is 6.18. The molecule has 0 aliphatic heterocycles.